The van der Waals surface area contributed by atoms with Crippen molar-refractivity contribution < 1.29 is 9.18 Å². The van der Waals surface area contributed by atoms with Crippen molar-refractivity contribution >= 4 is 5.91 Å². The summed E-state index contributed by atoms with van der Waals surface area (Å²) >= 11 is 0. The molecule has 0 spiro atoms. The topological polar surface area (TPSA) is 46.9 Å². The quantitative estimate of drug-likeness (QED) is 0.920. The molecule has 1 N–H and O–H groups in total. The van der Waals surface area contributed by atoms with E-state index < -0.39 is 0 Å². The molecule has 4 nitrogen and oxygen atoms in total. The van der Waals surface area contributed by atoms with Gasteiger partial charge in [-0.3, -0.25) is 9.48 Å². The van der Waals surface area contributed by atoms with E-state index in [4.69, 9.17) is 0 Å². The average Bonchev–Trinajstić information content (AvgIpc) is 2.83. The van der Waals surface area contributed by atoms with E-state index in [0.717, 1.165) is 11.3 Å². The predicted octanol–water partition coefficient (Wildman–Crippen LogP) is 2.88. The number of nitrogens with one attached hydrogen (secondary N) is 1. The Morgan fingerprint density at radius 1 is 1.33 bits per heavy atom. The second kappa shape index (κ2) is 6.52. The molecule has 0 fully saturated rings. The van der Waals surface area contributed by atoms with E-state index >= 15 is 0 Å². The number of hydrogen-bond acceptors (Lipinski definition) is 2. The standard InChI is InChI=1S/C16H20FN3O/c1-11(2)20-12(3)10-15(19-20)16(21)18-9-8-13-4-6-14(17)7-5-13/h4-7,10-11H,8-9H2,1-3H3,(H,18,21). The Balaban J connectivity index is 1.90. The van der Waals surface area contributed by atoms with Crippen LogP contribution >= 0.6 is 0 Å². The fourth-order valence-electron chi connectivity index (χ4n) is 2.18. The van der Waals surface area contributed by atoms with Crippen LogP contribution in [-0.2, 0) is 6.42 Å². The van der Waals surface area contributed by atoms with Crippen molar-refractivity contribution in [2.45, 2.75) is 33.2 Å². The van der Waals surface area contributed by atoms with Gasteiger partial charge in [0.15, 0.2) is 0 Å². The van der Waals surface area contributed by atoms with Crippen molar-refractivity contribution in [3.63, 3.8) is 0 Å². The fourth-order valence-corrected chi connectivity index (χ4v) is 2.18. The van der Waals surface area contributed by atoms with Gasteiger partial charge < -0.3 is 5.32 Å². The molecule has 0 aliphatic carbocycles. The van der Waals surface area contributed by atoms with Gasteiger partial charge in [0.05, 0.1) is 0 Å². The molecule has 21 heavy (non-hydrogen) atoms. The Hall–Kier alpha value is -2.17. The first-order chi connectivity index (χ1) is 9.97. The summed E-state index contributed by atoms with van der Waals surface area (Å²) in [5.74, 6) is -0.433. The van der Waals surface area contributed by atoms with E-state index in [1.165, 1.54) is 12.1 Å². The van der Waals surface area contributed by atoms with Crippen LogP contribution in [-0.4, -0.2) is 22.2 Å². The van der Waals surface area contributed by atoms with Crippen LogP contribution < -0.4 is 5.32 Å². The molecule has 0 aliphatic heterocycles. The van der Waals surface area contributed by atoms with Crippen LogP contribution in [0, 0.1) is 12.7 Å². The summed E-state index contributed by atoms with van der Waals surface area (Å²) in [6.45, 7) is 6.48. The molecule has 0 radical (unpaired) electrons. The van der Waals surface area contributed by atoms with Gasteiger partial charge in [0.25, 0.3) is 5.91 Å². The lowest BCUT2D eigenvalue weighted by molar-refractivity contribution is 0.0948. The second-order valence-corrected chi connectivity index (χ2v) is 5.34. The third kappa shape index (κ3) is 3.90. The first kappa shape index (κ1) is 15.2. The van der Waals surface area contributed by atoms with Gasteiger partial charge in [0.2, 0.25) is 0 Å². The number of halogens is 1. The first-order valence-electron chi connectivity index (χ1n) is 7.06. The van der Waals surface area contributed by atoms with E-state index in [-0.39, 0.29) is 17.8 Å². The molecule has 5 heteroatoms. The molecular formula is C16H20FN3O. The fraction of sp³-hybridized carbons (Fsp3) is 0.375. The zero-order valence-corrected chi connectivity index (χ0v) is 12.6. The molecule has 2 rings (SSSR count). The van der Waals surface area contributed by atoms with Gasteiger partial charge in [0.1, 0.15) is 11.5 Å². The number of carbonyl (C=O) groups is 1. The number of amides is 1. The highest BCUT2D eigenvalue weighted by atomic mass is 19.1. The highest BCUT2D eigenvalue weighted by Crippen LogP contribution is 2.10. The Morgan fingerprint density at radius 2 is 2.00 bits per heavy atom. The monoisotopic (exact) mass is 289 g/mol. The largest absolute Gasteiger partial charge is 0.350 e. The lowest BCUT2D eigenvalue weighted by Gasteiger charge is -2.07. The molecule has 1 aromatic heterocycles. The third-order valence-electron chi connectivity index (χ3n) is 3.26. The van der Waals surface area contributed by atoms with Crippen LogP contribution in [0.15, 0.2) is 30.3 Å². The summed E-state index contributed by atoms with van der Waals surface area (Å²) < 4.78 is 14.6. The third-order valence-corrected chi connectivity index (χ3v) is 3.26. The molecule has 1 aromatic carbocycles. The van der Waals surface area contributed by atoms with E-state index in [1.807, 2.05) is 25.5 Å². The number of aromatic nitrogens is 2. The molecule has 112 valence electrons. The molecule has 0 saturated heterocycles. The Bertz CT molecular complexity index is 617. The van der Waals surface area contributed by atoms with Crippen LogP contribution in [0.25, 0.3) is 0 Å². The van der Waals surface area contributed by atoms with E-state index in [9.17, 15) is 9.18 Å². The zero-order valence-electron chi connectivity index (χ0n) is 12.6. The Kier molecular flexibility index (Phi) is 4.73. The summed E-state index contributed by atoms with van der Waals surface area (Å²) in [4.78, 5) is 12.0. The first-order valence-corrected chi connectivity index (χ1v) is 7.06. The number of benzene rings is 1. The maximum Gasteiger partial charge on any atom is 0.271 e. The molecule has 0 atom stereocenters. The summed E-state index contributed by atoms with van der Waals surface area (Å²) in [6.07, 6.45) is 0.663. The van der Waals surface area contributed by atoms with Crippen LogP contribution in [0.3, 0.4) is 0 Å². The molecular weight excluding hydrogens is 269 g/mol. The average molecular weight is 289 g/mol. The van der Waals surface area contributed by atoms with Crippen molar-refractivity contribution in [1.29, 1.82) is 0 Å². The Labute approximate surface area is 124 Å². The van der Waals surface area contributed by atoms with Gasteiger partial charge in [-0.2, -0.15) is 5.10 Å². The molecule has 0 bridgehead atoms. The molecule has 0 unspecified atom stereocenters. The highest BCUT2D eigenvalue weighted by Gasteiger charge is 2.13. The Morgan fingerprint density at radius 3 is 2.57 bits per heavy atom. The van der Waals surface area contributed by atoms with Crippen molar-refractivity contribution in [1.82, 2.24) is 15.1 Å². The SMILES string of the molecule is Cc1cc(C(=O)NCCc2ccc(F)cc2)nn1C(C)C. The molecule has 1 heterocycles. The minimum absolute atomic E-state index is 0.181. The minimum Gasteiger partial charge on any atom is -0.350 e. The van der Waals surface area contributed by atoms with Crippen molar-refractivity contribution in [3.8, 4) is 0 Å². The van der Waals surface area contributed by atoms with Crippen LogP contribution in [0.1, 0.15) is 41.6 Å². The van der Waals surface area contributed by atoms with Crippen LogP contribution in [0.4, 0.5) is 4.39 Å². The minimum atomic E-state index is -0.252. The maximum atomic E-state index is 12.8. The van der Waals surface area contributed by atoms with Crippen molar-refractivity contribution in [2.75, 3.05) is 6.54 Å². The van der Waals surface area contributed by atoms with E-state index in [2.05, 4.69) is 10.4 Å². The summed E-state index contributed by atoms with van der Waals surface area (Å²) in [5.41, 5.74) is 2.38. The number of aryl methyl sites for hydroxylation is 1. The van der Waals surface area contributed by atoms with Gasteiger partial charge >= 0.3 is 0 Å². The molecule has 0 aliphatic rings. The van der Waals surface area contributed by atoms with Crippen LogP contribution in [0.5, 0.6) is 0 Å². The lowest BCUT2D eigenvalue weighted by Crippen LogP contribution is -2.26. The normalized spacial score (nSPS) is 10.9. The van der Waals surface area contributed by atoms with Gasteiger partial charge in [-0.25, -0.2) is 4.39 Å². The van der Waals surface area contributed by atoms with Crippen molar-refractivity contribution in [2.24, 2.45) is 0 Å². The van der Waals surface area contributed by atoms with Crippen LogP contribution in [0.2, 0.25) is 0 Å². The lowest BCUT2D eigenvalue weighted by atomic mass is 10.1. The number of hydrogen-bond donors (Lipinski definition) is 1. The molecule has 0 saturated carbocycles. The van der Waals surface area contributed by atoms with Gasteiger partial charge in [-0.15, -0.1) is 0 Å². The number of carbonyl (C=O) groups excluding carboxylic acids is 1. The predicted molar refractivity (Wildman–Crippen MR) is 79.8 cm³/mol. The van der Waals surface area contributed by atoms with E-state index in [0.29, 0.717) is 18.7 Å². The van der Waals surface area contributed by atoms with Crippen molar-refractivity contribution in [3.05, 3.63) is 53.1 Å². The van der Waals surface area contributed by atoms with Gasteiger partial charge in [-0.1, -0.05) is 12.1 Å². The summed E-state index contributed by atoms with van der Waals surface area (Å²) in [5, 5.41) is 7.13. The van der Waals surface area contributed by atoms with E-state index in [1.54, 1.807) is 18.2 Å². The summed E-state index contributed by atoms with van der Waals surface area (Å²) in [6, 6.07) is 8.30. The molecule has 2 aromatic rings. The molecule has 1 amide bonds. The second-order valence-electron chi connectivity index (χ2n) is 5.34. The highest BCUT2D eigenvalue weighted by molar-refractivity contribution is 5.92. The summed E-state index contributed by atoms with van der Waals surface area (Å²) in [7, 11) is 0. The zero-order chi connectivity index (χ0) is 15.4. The number of rotatable bonds is 5. The maximum absolute atomic E-state index is 12.8. The van der Waals surface area contributed by atoms with Gasteiger partial charge in [-0.05, 0) is 51.0 Å². The van der Waals surface area contributed by atoms with Gasteiger partial charge in [0, 0.05) is 18.3 Å². The number of nitrogens with zero attached hydrogens (tertiary/aromatic N) is 2. The smallest absolute Gasteiger partial charge is 0.271 e.